The Morgan fingerprint density at radius 3 is 2.10 bits per heavy atom. The number of carbonyl (C=O) groups excluding carboxylic acids is 1. The Kier molecular flexibility index (Phi) is 4.23. The van der Waals surface area contributed by atoms with Crippen LogP contribution in [0.2, 0.25) is 0 Å². The second kappa shape index (κ2) is 5.92. The largest absolute Gasteiger partial charge is 0.355 e. The molecule has 0 heterocycles. The summed E-state index contributed by atoms with van der Waals surface area (Å²) in [5, 5.41) is 2.47. The van der Waals surface area contributed by atoms with Crippen LogP contribution in [0.25, 0.3) is 0 Å². The van der Waals surface area contributed by atoms with Gasteiger partial charge in [0.05, 0.1) is 4.90 Å². The van der Waals surface area contributed by atoms with Crippen molar-refractivity contribution in [1.29, 1.82) is 0 Å². The minimum absolute atomic E-state index is 0.0423. The van der Waals surface area contributed by atoms with Crippen LogP contribution in [0.5, 0.6) is 0 Å². The maximum Gasteiger partial charge on any atom is 0.261 e. The molecule has 2 rings (SSSR count). The van der Waals surface area contributed by atoms with Gasteiger partial charge in [0.1, 0.15) is 5.82 Å². The zero-order chi connectivity index (χ0) is 15.5. The predicted molar refractivity (Wildman–Crippen MR) is 77.0 cm³/mol. The third-order valence-corrected chi connectivity index (χ3v) is 4.15. The smallest absolute Gasteiger partial charge is 0.261 e. The van der Waals surface area contributed by atoms with Crippen LogP contribution in [0.4, 0.5) is 10.1 Å². The molecule has 110 valence electrons. The molecule has 2 aromatic carbocycles. The number of rotatable bonds is 4. The first-order valence-corrected chi connectivity index (χ1v) is 7.51. The molecule has 0 atom stereocenters. The summed E-state index contributed by atoms with van der Waals surface area (Å²) in [7, 11) is -2.28. The summed E-state index contributed by atoms with van der Waals surface area (Å²) in [6.07, 6.45) is 0. The fourth-order valence-corrected chi connectivity index (χ4v) is 2.72. The molecule has 0 aliphatic heterocycles. The second-order valence-corrected chi connectivity index (χ2v) is 5.90. The van der Waals surface area contributed by atoms with Gasteiger partial charge in [0, 0.05) is 18.3 Å². The summed E-state index contributed by atoms with van der Waals surface area (Å²) < 4.78 is 39.3. The van der Waals surface area contributed by atoms with Crippen LogP contribution in [0.3, 0.4) is 0 Å². The molecule has 0 spiro atoms. The molecule has 0 aliphatic rings. The molecule has 2 N–H and O–H groups in total. The standard InChI is InChI=1S/C14H13FN2O3S/c1-16-14(18)10-2-6-12(7-3-10)17-21(19,20)13-8-4-11(15)5-9-13/h2-9,17H,1H3,(H,16,18). The Morgan fingerprint density at radius 1 is 1.00 bits per heavy atom. The topological polar surface area (TPSA) is 75.3 Å². The third-order valence-electron chi connectivity index (χ3n) is 2.75. The van der Waals surface area contributed by atoms with Gasteiger partial charge in [-0.3, -0.25) is 9.52 Å². The second-order valence-electron chi connectivity index (χ2n) is 4.22. The lowest BCUT2D eigenvalue weighted by Gasteiger charge is -2.08. The van der Waals surface area contributed by atoms with Gasteiger partial charge in [-0.2, -0.15) is 0 Å². The minimum atomic E-state index is -3.79. The minimum Gasteiger partial charge on any atom is -0.355 e. The molecule has 0 saturated heterocycles. The number of benzene rings is 2. The van der Waals surface area contributed by atoms with E-state index in [4.69, 9.17) is 0 Å². The van der Waals surface area contributed by atoms with Gasteiger partial charge in [-0.15, -0.1) is 0 Å². The summed E-state index contributed by atoms with van der Waals surface area (Å²) in [4.78, 5) is 11.3. The SMILES string of the molecule is CNC(=O)c1ccc(NS(=O)(=O)c2ccc(F)cc2)cc1. The Labute approximate surface area is 121 Å². The van der Waals surface area contributed by atoms with Crippen LogP contribution < -0.4 is 10.0 Å². The summed E-state index contributed by atoms with van der Waals surface area (Å²) in [6, 6.07) is 10.5. The summed E-state index contributed by atoms with van der Waals surface area (Å²) >= 11 is 0. The average molecular weight is 308 g/mol. The monoisotopic (exact) mass is 308 g/mol. The van der Waals surface area contributed by atoms with E-state index in [0.29, 0.717) is 11.3 Å². The molecular formula is C14H13FN2O3S. The zero-order valence-corrected chi connectivity index (χ0v) is 11.9. The summed E-state index contributed by atoms with van der Waals surface area (Å²) in [6.45, 7) is 0. The maximum atomic E-state index is 12.8. The van der Waals surface area contributed by atoms with Crippen molar-refractivity contribution in [1.82, 2.24) is 5.32 Å². The molecule has 1 amide bonds. The van der Waals surface area contributed by atoms with Crippen molar-refractivity contribution >= 4 is 21.6 Å². The van der Waals surface area contributed by atoms with Gasteiger partial charge >= 0.3 is 0 Å². The molecule has 7 heteroatoms. The highest BCUT2D eigenvalue weighted by Crippen LogP contribution is 2.17. The number of halogens is 1. The Morgan fingerprint density at radius 2 is 1.57 bits per heavy atom. The lowest BCUT2D eigenvalue weighted by Crippen LogP contribution is -2.18. The van der Waals surface area contributed by atoms with E-state index in [9.17, 15) is 17.6 Å². The fourth-order valence-electron chi connectivity index (χ4n) is 1.66. The van der Waals surface area contributed by atoms with E-state index in [2.05, 4.69) is 10.0 Å². The lowest BCUT2D eigenvalue weighted by atomic mass is 10.2. The van der Waals surface area contributed by atoms with Crippen molar-refractivity contribution in [3.63, 3.8) is 0 Å². The highest BCUT2D eigenvalue weighted by Gasteiger charge is 2.14. The van der Waals surface area contributed by atoms with E-state index in [-0.39, 0.29) is 10.8 Å². The van der Waals surface area contributed by atoms with Crippen LogP contribution in [-0.2, 0) is 10.0 Å². The van der Waals surface area contributed by atoms with E-state index in [0.717, 1.165) is 12.1 Å². The Balaban J connectivity index is 2.20. The number of sulfonamides is 1. The van der Waals surface area contributed by atoms with E-state index in [1.54, 1.807) is 0 Å². The van der Waals surface area contributed by atoms with Crippen molar-refractivity contribution < 1.29 is 17.6 Å². The van der Waals surface area contributed by atoms with Gasteiger partial charge in [0.2, 0.25) is 0 Å². The van der Waals surface area contributed by atoms with Crippen molar-refractivity contribution in [2.45, 2.75) is 4.90 Å². The van der Waals surface area contributed by atoms with Crippen LogP contribution in [0, 0.1) is 5.82 Å². The molecule has 2 aromatic rings. The third kappa shape index (κ3) is 3.57. The van der Waals surface area contributed by atoms with E-state index >= 15 is 0 Å². The maximum absolute atomic E-state index is 12.8. The summed E-state index contributed by atoms with van der Waals surface area (Å²) in [5.74, 6) is -0.771. The quantitative estimate of drug-likeness (QED) is 0.907. The molecular weight excluding hydrogens is 295 g/mol. The van der Waals surface area contributed by atoms with Gasteiger partial charge in [-0.25, -0.2) is 12.8 Å². The Bertz CT molecular complexity index is 741. The molecule has 0 unspecified atom stereocenters. The first-order chi connectivity index (χ1) is 9.92. The summed E-state index contributed by atoms with van der Waals surface area (Å²) in [5.41, 5.74) is 0.731. The van der Waals surface area contributed by atoms with Crippen LogP contribution in [0.15, 0.2) is 53.4 Å². The lowest BCUT2D eigenvalue weighted by molar-refractivity contribution is 0.0963. The average Bonchev–Trinajstić information content (AvgIpc) is 2.47. The van der Waals surface area contributed by atoms with Gasteiger partial charge in [0.15, 0.2) is 0 Å². The molecule has 5 nitrogen and oxygen atoms in total. The van der Waals surface area contributed by atoms with E-state index in [1.165, 1.54) is 43.4 Å². The van der Waals surface area contributed by atoms with Gasteiger partial charge < -0.3 is 5.32 Å². The number of carbonyl (C=O) groups is 1. The van der Waals surface area contributed by atoms with E-state index in [1.807, 2.05) is 0 Å². The van der Waals surface area contributed by atoms with E-state index < -0.39 is 15.8 Å². The normalized spacial score (nSPS) is 11.0. The van der Waals surface area contributed by atoms with Gasteiger partial charge in [-0.1, -0.05) is 0 Å². The molecule has 0 radical (unpaired) electrons. The first kappa shape index (κ1) is 15.0. The van der Waals surface area contributed by atoms with Gasteiger partial charge in [0.25, 0.3) is 15.9 Å². The Hall–Kier alpha value is -2.41. The van der Waals surface area contributed by atoms with Crippen molar-refractivity contribution in [2.24, 2.45) is 0 Å². The molecule has 0 fully saturated rings. The molecule has 0 aliphatic carbocycles. The number of hydrogen-bond acceptors (Lipinski definition) is 3. The van der Waals surface area contributed by atoms with Crippen molar-refractivity contribution in [2.75, 3.05) is 11.8 Å². The van der Waals surface area contributed by atoms with Crippen molar-refractivity contribution in [3.05, 3.63) is 59.9 Å². The predicted octanol–water partition coefficient (Wildman–Crippen LogP) is 1.99. The van der Waals surface area contributed by atoms with Crippen LogP contribution in [-0.4, -0.2) is 21.4 Å². The molecule has 0 bridgehead atoms. The molecule has 21 heavy (non-hydrogen) atoms. The molecule has 0 saturated carbocycles. The van der Waals surface area contributed by atoms with Gasteiger partial charge in [-0.05, 0) is 48.5 Å². The highest BCUT2D eigenvalue weighted by atomic mass is 32.2. The number of amides is 1. The van der Waals surface area contributed by atoms with Crippen LogP contribution in [0.1, 0.15) is 10.4 Å². The highest BCUT2D eigenvalue weighted by molar-refractivity contribution is 7.92. The number of nitrogens with one attached hydrogen (secondary N) is 2. The number of hydrogen-bond donors (Lipinski definition) is 2. The van der Waals surface area contributed by atoms with Crippen molar-refractivity contribution in [3.8, 4) is 0 Å². The first-order valence-electron chi connectivity index (χ1n) is 6.03. The fraction of sp³-hybridized carbons (Fsp3) is 0.0714. The number of anilines is 1. The zero-order valence-electron chi connectivity index (χ0n) is 11.1. The van der Waals surface area contributed by atoms with Crippen LogP contribution >= 0.6 is 0 Å². The molecule has 0 aromatic heterocycles.